The van der Waals surface area contributed by atoms with Gasteiger partial charge in [0.2, 0.25) is 5.79 Å². The molecule has 0 heterocycles. The fourth-order valence-electron chi connectivity index (χ4n) is 3.37. The van der Waals surface area contributed by atoms with Crippen LogP contribution < -0.4 is 4.74 Å². The summed E-state index contributed by atoms with van der Waals surface area (Å²) in [6.07, 6.45) is 6.50. The van der Waals surface area contributed by atoms with E-state index in [0.29, 0.717) is 24.5 Å². The second-order valence-corrected chi connectivity index (χ2v) is 6.84. The van der Waals surface area contributed by atoms with Crippen molar-refractivity contribution >= 4 is 6.08 Å². The Balaban J connectivity index is 1.86. The maximum Gasteiger partial charge on any atom is 0.235 e. The molecule has 1 aliphatic rings. The summed E-state index contributed by atoms with van der Waals surface area (Å²) in [5.41, 5.74) is 3.11. The molecular weight excluding hydrogens is 380 g/mol. The average molecular weight is 408 g/mol. The Hall–Kier alpha value is -3.02. The summed E-state index contributed by atoms with van der Waals surface area (Å²) < 4.78 is 28.6. The molecule has 5 heteroatoms. The number of hydrogen-bond donors (Lipinski definition) is 0. The largest absolute Gasteiger partial charge is 0.497 e. The van der Waals surface area contributed by atoms with Gasteiger partial charge < -0.3 is 23.7 Å². The first-order chi connectivity index (χ1) is 14.6. The van der Waals surface area contributed by atoms with Crippen molar-refractivity contribution in [2.75, 3.05) is 28.4 Å². The van der Waals surface area contributed by atoms with Crippen LogP contribution in [0.3, 0.4) is 0 Å². The molecule has 158 valence electrons. The molecule has 3 rings (SSSR count). The van der Waals surface area contributed by atoms with E-state index in [2.05, 4.69) is 0 Å². The maximum absolute atomic E-state index is 6.28. The Morgan fingerprint density at radius 1 is 0.833 bits per heavy atom. The number of allylic oxidation sites excluding steroid dienone is 2. The van der Waals surface area contributed by atoms with E-state index in [9.17, 15) is 0 Å². The van der Waals surface area contributed by atoms with E-state index in [1.807, 2.05) is 72.8 Å². The number of ether oxygens (including phenoxy) is 5. The maximum atomic E-state index is 6.28. The van der Waals surface area contributed by atoms with Gasteiger partial charge in [0.05, 0.1) is 27.9 Å². The second-order valence-electron chi connectivity index (χ2n) is 6.84. The summed E-state index contributed by atoms with van der Waals surface area (Å²) >= 11 is 0. The molecule has 0 amide bonds. The van der Waals surface area contributed by atoms with Gasteiger partial charge in [-0.3, -0.25) is 0 Å². The lowest BCUT2D eigenvalue weighted by atomic mass is 9.95. The highest BCUT2D eigenvalue weighted by Crippen LogP contribution is 2.39. The third-order valence-electron chi connectivity index (χ3n) is 5.00. The van der Waals surface area contributed by atoms with Gasteiger partial charge in [0, 0.05) is 13.5 Å². The van der Waals surface area contributed by atoms with Gasteiger partial charge in [-0.05, 0) is 34.9 Å². The molecule has 0 saturated heterocycles. The minimum Gasteiger partial charge on any atom is -0.497 e. The van der Waals surface area contributed by atoms with Crippen LogP contribution in [0, 0.1) is 0 Å². The first-order valence-electron chi connectivity index (χ1n) is 9.72. The van der Waals surface area contributed by atoms with Crippen molar-refractivity contribution in [2.24, 2.45) is 0 Å². The Morgan fingerprint density at radius 3 is 2.17 bits per heavy atom. The number of rotatable bonds is 9. The summed E-state index contributed by atoms with van der Waals surface area (Å²) in [5, 5.41) is 0. The molecule has 1 atom stereocenters. The zero-order valence-corrected chi connectivity index (χ0v) is 17.9. The van der Waals surface area contributed by atoms with Gasteiger partial charge in [0.1, 0.15) is 5.75 Å². The van der Waals surface area contributed by atoms with Crippen LogP contribution in [-0.4, -0.2) is 34.2 Å². The highest BCUT2D eigenvalue weighted by molar-refractivity contribution is 5.55. The van der Waals surface area contributed by atoms with Gasteiger partial charge >= 0.3 is 0 Å². The normalized spacial score (nSPS) is 19.0. The van der Waals surface area contributed by atoms with Gasteiger partial charge in [-0.2, -0.15) is 0 Å². The monoisotopic (exact) mass is 408 g/mol. The third-order valence-corrected chi connectivity index (χ3v) is 5.00. The van der Waals surface area contributed by atoms with Crippen LogP contribution in [-0.2, 0) is 25.6 Å². The fraction of sp³-hybridized carbons (Fsp3) is 0.280. The predicted octanol–water partition coefficient (Wildman–Crippen LogP) is 5.10. The lowest BCUT2D eigenvalue weighted by molar-refractivity contribution is -0.225. The Kier molecular flexibility index (Phi) is 7.33. The average Bonchev–Trinajstić information content (AvgIpc) is 2.81. The van der Waals surface area contributed by atoms with Crippen LogP contribution in [0.25, 0.3) is 6.08 Å². The molecule has 0 bridgehead atoms. The predicted molar refractivity (Wildman–Crippen MR) is 117 cm³/mol. The van der Waals surface area contributed by atoms with E-state index >= 15 is 0 Å². The Morgan fingerprint density at radius 2 is 1.57 bits per heavy atom. The number of methoxy groups -OCH3 is 4. The van der Waals surface area contributed by atoms with Crippen molar-refractivity contribution in [3.8, 4) is 5.75 Å². The van der Waals surface area contributed by atoms with Crippen molar-refractivity contribution in [1.29, 1.82) is 0 Å². The summed E-state index contributed by atoms with van der Waals surface area (Å²) in [4.78, 5) is 0. The topological polar surface area (TPSA) is 46.2 Å². The van der Waals surface area contributed by atoms with Crippen LogP contribution >= 0.6 is 0 Å². The molecule has 0 saturated carbocycles. The molecule has 0 fully saturated rings. The Bertz CT molecular complexity index is 912. The zero-order valence-electron chi connectivity index (χ0n) is 17.9. The lowest BCUT2D eigenvalue weighted by Gasteiger charge is -2.37. The van der Waals surface area contributed by atoms with E-state index < -0.39 is 5.79 Å². The van der Waals surface area contributed by atoms with Crippen LogP contribution in [0.5, 0.6) is 5.75 Å². The van der Waals surface area contributed by atoms with Crippen molar-refractivity contribution in [1.82, 2.24) is 0 Å². The van der Waals surface area contributed by atoms with Crippen LogP contribution in [0.4, 0.5) is 0 Å². The molecule has 1 unspecified atom stereocenters. The lowest BCUT2D eigenvalue weighted by Crippen LogP contribution is -2.41. The van der Waals surface area contributed by atoms with Gasteiger partial charge in [-0.15, -0.1) is 0 Å². The van der Waals surface area contributed by atoms with E-state index in [1.54, 1.807) is 28.4 Å². The standard InChI is InChI=1S/C25H28O5/c1-26-22-14-12-19(13-15-22)10-11-21-16-23(27-2)24(28-3)25(17-21,29-4)30-18-20-8-6-5-7-9-20/h5-16H,17-18H2,1-4H3. The van der Waals surface area contributed by atoms with Crippen molar-refractivity contribution in [3.63, 3.8) is 0 Å². The van der Waals surface area contributed by atoms with Crippen molar-refractivity contribution in [3.05, 3.63) is 95.0 Å². The molecular formula is C25H28O5. The van der Waals surface area contributed by atoms with Gasteiger partial charge in [-0.1, -0.05) is 54.6 Å². The van der Waals surface area contributed by atoms with E-state index in [0.717, 1.165) is 22.4 Å². The first kappa shape index (κ1) is 21.7. The summed E-state index contributed by atoms with van der Waals surface area (Å²) in [5.74, 6) is 0.841. The van der Waals surface area contributed by atoms with E-state index in [-0.39, 0.29) is 0 Å². The highest BCUT2D eigenvalue weighted by atomic mass is 16.7. The zero-order chi connectivity index (χ0) is 21.4. The summed E-state index contributed by atoms with van der Waals surface area (Å²) in [7, 11) is 6.48. The molecule has 1 aliphatic carbocycles. The van der Waals surface area contributed by atoms with Crippen LogP contribution in [0.2, 0.25) is 0 Å². The van der Waals surface area contributed by atoms with Crippen molar-refractivity contribution in [2.45, 2.75) is 18.8 Å². The quantitative estimate of drug-likeness (QED) is 0.540. The minimum atomic E-state index is -1.08. The van der Waals surface area contributed by atoms with Gasteiger partial charge in [0.15, 0.2) is 11.5 Å². The smallest absolute Gasteiger partial charge is 0.235 e. The molecule has 2 aromatic carbocycles. The second kappa shape index (κ2) is 10.1. The molecule has 0 spiro atoms. The van der Waals surface area contributed by atoms with Crippen LogP contribution in [0.15, 0.2) is 83.8 Å². The van der Waals surface area contributed by atoms with Crippen LogP contribution in [0.1, 0.15) is 17.5 Å². The fourth-order valence-corrected chi connectivity index (χ4v) is 3.37. The van der Waals surface area contributed by atoms with E-state index in [4.69, 9.17) is 23.7 Å². The molecule has 0 aliphatic heterocycles. The first-order valence-corrected chi connectivity index (χ1v) is 9.72. The third kappa shape index (κ3) is 4.93. The Labute approximate surface area is 178 Å². The summed E-state index contributed by atoms with van der Waals surface area (Å²) in [6, 6.07) is 17.8. The SMILES string of the molecule is COC1=C(OC)C(OC)(OCc2ccccc2)CC(C=Cc2ccc(OC)cc2)=C1. The van der Waals surface area contributed by atoms with Crippen molar-refractivity contribution < 1.29 is 23.7 Å². The minimum absolute atomic E-state index is 0.383. The van der Waals surface area contributed by atoms with Gasteiger partial charge in [0.25, 0.3) is 0 Å². The number of benzene rings is 2. The van der Waals surface area contributed by atoms with E-state index in [1.165, 1.54) is 0 Å². The molecule has 0 N–H and O–H groups in total. The highest BCUT2D eigenvalue weighted by Gasteiger charge is 2.43. The molecule has 0 radical (unpaired) electrons. The van der Waals surface area contributed by atoms with Gasteiger partial charge in [-0.25, -0.2) is 0 Å². The number of hydrogen-bond acceptors (Lipinski definition) is 5. The molecule has 0 aromatic heterocycles. The summed E-state index contributed by atoms with van der Waals surface area (Å²) in [6.45, 7) is 0.383. The molecule has 5 nitrogen and oxygen atoms in total. The molecule has 2 aromatic rings. The molecule has 30 heavy (non-hydrogen) atoms.